The summed E-state index contributed by atoms with van der Waals surface area (Å²) in [6.07, 6.45) is 6.57. The van der Waals surface area contributed by atoms with Crippen molar-refractivity contribution in [1.82, 2.24) is 10.6 Å². The van der Waals surface area contributed by atoms with Crippen LogP contribution in [-0.4, -0.2) is 30.4 Å². The number of halogens is 1. The summed E-state index contributed by atoms with van der Waals surface area (Å²) in [6.45, 7) is 4.13. The van der Waals surface area contributed by atoms with E-state index in [1.165, 1.54) is 19.3 Å². The molecule has 1 rings (SSSR count). The number of rotatable bonds is 6. The molecule has 1 aliphatic rings. The fourth-order valence-electron chi connectivity index (χ4n) is 2.29. The maximum Gasteiger partial charge on any atom is 0.239 e. The lowest BCUT2D eigenvalue weighted by Crippen LogP contribution is -2.47. The topological polar surface area (TPSA) is 84.2 Å². The number of carbonyl (C=O) groups is 2. The molecule has 4 N–H and O–H groups in total. The molecule has 1 saturated carbocycles. The van der Waals surface area contributed by atoms with Crippen molar-refractivity contribution >= 4 is 24.2 Å². The Morgan fingerprint density at radius 1 is 1.10 bits per heavy atom. The zero-order chi connectivity index (χ0) is 14.3. The lowest BCUT2D eigenvalue weighted by Gasteiger charge is -2.21. The molecule has 0 aromatic carbocycles. The first kappa shape index (κ1) is 19.2. The van der Waals surface area contributed by atoms with E-state index in [2.05, 4.69) is 10.6 Å². The quantitative estimate of drug-likeness (QED) is 0.692. The summed E-state index contributed by atoms with van der Waals surface area (Å²) in [5.41, 5.74) is 5.33. The van der Waals surface area contributed by atoms with Crippen LogP contribution >= 0.6 is 12.4 Å². The number of hydrogen-bond acceptors (Lipinski definition) is 3. The second-order valence-electron chi connectivity index (χ2n) is 6.25. The average molecular weight is 306 g/mol. The Balaban J connectivity index is 0.00000361. The van der Waals surface area contributed by atoms with Gasteiger partial charge in [-0.15, -0.1) is 12.4 Å². The Hall–Kier alpha value is -0.810. The smallest absolute Gasteiger partial charge is 0.239 e. The van der Waals surface area contributed by atoms with Gasteiger partial charge in [0.05, 0.1) is 6.54 Å². The van der Waals surface area contributed by atoms with Crippen molar-refractivity contribution in [3.05, 3.63) is 0 Å². The van der Waals surface area contributed by atoms with Crippen molar-refractivity contribution in [3.63, 3.8) is 0 Å². The Morgan fingerprint density at radius 3 is 2.25 bits per heavy atom. The van der Waals surface area contributed by atoms with Crippen molar-refractivity contribution in [1.29, 1.82) is 0 Å². The van der Waals surface area contributed by atoms with E-state index in [0.29, 0.717) is 18.9 Å². The predicted molar refractivity (Wildman–Crippen MR) is 82.7 cm³/mol. The number of nitrogens with one attached hydrogen (secondary N) is 2. The van der Waals surface area contributed by atoms with Crippen molar-refractivity contribution in [3.8, 4) is 0 Å². The zero-order valence-electron chi connectivity index (χ0n) is 12.5. The first-order chi connectivity index (χ1) is 8.87. The molecule has 6 heteroatoms. The van der Waals surface area contributed by atoms with E-state index in [9.17, 15) is 9.59 Å². The van der Waals surface area contributed by atoms with Crippen molar-refractivity contribution in [2.75, 3.05) is 13.1 Å². The van der Waals surface area contributed by atoms with E-state index in [-0.39, 0.29) is 30.8 Å². The van der Waals surface area contributed by atoms with Crippen LogP contribution in [0, 0.1) is 5.92 Å². The summed E-state index contributed by atoms with van der Waals surface area (Å²) in [5.74, 6) is 0.296. The molecule has 118 valence electrons. The van der Waals surface area contributed by atoms with Gasteiger partial charge in [0.25, 0.3) is 0 Å². The van der Waals surface area contributed by atoms with Gasteiger partial charge in [0.15, 0.2) is 0 Å². The van der Waals surface area contributed by atoms with Crippen LogP contribution in [0.5, 0.6) is 0 Å². The van der Waals surface area contributed by atoms with Crippen molar-refractivity contribution < 1.29 is 9.59 Å². The third-order valence-electron chi connectivity index (χ3n) is 3.39. The van der Waals surface area contributed by atoms with Crippen LogP contribution in [0.25, 0.3) is 0 Å². The average Bonchev–Trinajstić information content (AvgIpc) is 2.34. The summed E-state index contributed by atoms with van der Waals surface area (Å²) >= 11 is 0. The van der Waals surface area contributed by atoms with Gasteiger partial charge in [-0.3, -0.25) is 9.59 Å². The molecule has 0 aromatic rings. The molecule has 0 aromatic heterocycles. The molecule has 0 aliphatic heterocycles. The Labute approximate surface area is 127 Å². The van der Waals surface area contributed by atoms with E-state index in [0.717, 1.165) is 12.8 Å². The highest BCUT2D eigenvalue weighted by molar-refractivity contribution is 5.85. The monoisotopic (exact) mass is 305 g/mol. The Morgan fingerprint density at radius 2 is 1.70 bits per heavy atom. The largest absolute Gasteiger partial charge is 0.353 e. The fraction of sp³-hybridized carbons (Fsp3) is 0.857. The minimum absolute atomic E-state index is 0. The van der Waals surface area contributed by atoms with Crippen LogP contribution in [-0.2, 0) is 9.59 Å². The third kappa shape index (κ3) is 9.15. The van der Waals surface area contributed by atoms with Gasteiger partial charge in [-0.1, -0.05) is 19.3 Å². The molecule has 0 unspecified atom stereocenters. The number of hydrogen-bond donors (Lipinski definition) is 3. The second-order valence-corrected chi connectivity index (χ2v) is 6.25. The first-order valence-corrected chi connectivity index (χ1v) is 7.19. The third-order valence-corrected chi connectivity index (χ3v) is 3.39. The molecule has 0 radical (unpaired) electrons. The van der Waals surface area contributed by atoms with Gasteiger partial charge < -0.3 is 16.4 Å². The number of nitrogens with two attached hydrogens (primary N) is 1. The second kappa shape index (κ2) is 9.19. The minimum atomic E-state index is -0.429. The highest BCUT2D eigenvalue weighted by Gasteiger charge is 2.17. The van der Waals surface area contributed by atoms with Gasteiger partial charge in [0.2, 0.25) is 11.8 Å². The molecule has 0 atom stereocenters. The molecule has 0 spiro atoms. The Kier molecular flexibility index (Phi) is 8.81. The standard InChI is InChI=1S/C14H27N3O2.ClH/c1-14(2,15)10-17-13(19)9-16-12(18)8-11-6-4-3-5-7-11;/h11H,3-10,15H2,1-2H3,(H,16,18)(H,17,19);1H. The summed E-state index contributed by atoms with van der Waals surface area (Å²) in [4.78, 5) is 23.2. The molecular formula is C14H28ClN3O2. The van der Waals surface area contributed by atoms with Gasteiger partial charge in [-0.25, -0.2) is 0 Å². The van der Waals surface area contributed by atoms with Crippen molar-refractivity contribution in [2.45, 2.75) is 57.9 Å². The van der Waals surface area contributed by atoms with Gasteiger partial charge in [-0.05, 0) is 32.6 Å². The van der Waals surface area contributed by atoms with Crippen LogP contribution in [0.15, 0.2) is 0 Å². The van der Waals surface area contributed by atoms with Gasteiger partial charge in [-0.2, -0.15) is 0 Å². The highest BCUT2D eigenvalue weighted by atomic mass is 35.5. The van der Waals surface area contributed by atoms with Gasteiger partial charge in [0.1, 0.15) is 0 Å². The zero-order valence-corrected chi connectivity index (χ0v) is 13.4. The van der Waals surface area contributed by atoms with E-state index in [1.807, 2.05) is 13.8 Å². The van der Waals surface area contributed by atoms with Crippen molar-refractivity contribution in [2.24, 2.45) is 11.7 Å². The first-order valence-electron chi connectivity index (χ1n) is 7.19. The normalized spacial score (nSPS) is 16.1. The van der Waals surface area contributed by atoms with Gasteiger partial charge >= 0.3 is 0 Å². The van der Waals surface area contributed by atoms with Crippen LogP contribution < -0.4 is 16.4 Å². The molecule has 0 bridgehead atoms. The summed E-state index contributed by atoms with van der Waals surface area (Å²) < 4.78 is 0. The van der Waals surface area contributed by atoms with Crippen LogP contribution in [0.3, 0.4) is 0 Å². The maximum absolute atomic E-state index is 11.7. The van der Waals surface area contributed by atoms with E-state index in [4.69, 9.17) is 5.73 Å². The summed E-state index contributed by atoms with van der Waals surface area (Å²) in [5, 5.41) is 5.38. The molecule has 2 amide bonds. The number of amides is 2. The molecule has 1 fully saturated rings. The lowest BCUT2D eigenvalue weighted by molar-refractivity contribution is -0.126. The number of carbonyl (C=O) groups excluding carboxylic acids is 2. The van der Waals surface area contributed by atoms with Crippen LogP contribution in [0.4, 0.5) is 0 Å². The molecule has 1 aliphatic carbocycles. The molecule has 5 nitrogen and oxygen atoms in total. The summed E-state index contributed by atoms with van der Waals surface area (Å²) in [7, 11) is 0. The van der Waals surface area contributed by atoms with Gasteiger partial charge in [0, 0.05) is 18.5 Å². The summed E-state index contributed by atoms with van der Waals surface area (Å²) in [6, 6.07) is 0. The predicted octanol–water partition coefficient (Wildman–Crippen LogP) is 1.35. The molecular weight excluding hydrogens is 278 g/mol. The lowest BCUT2D eigenvalue weighted by atomic mass is 9.87. The maximum atomic E-state index is 11.7. The fourth-order valence-corrected chi connectivity index (χ4v) is 2.29. The van der Waals surface area contributed by atoms with Crippen LogP contribution in [0.1, 0.15) is 52.4 Å². The SMILES string of the molecule is CC(C)(N)CNC(=O)CNC(=O)CC1CCCCC1.Cl. The minimum Gasteiger partial charge on any atom is -0.353 e. The van der Waals surface area contributed by atoms with Crippen LogP contribution in [0.2, 0.25) is 0 Å². The highest BCUT2D eigenvalue weighted by Crippen LogP contribution is 2.25. The van der Waals surface area contributed by atoms with E-state index >= 15 is 0 Å². The molecule has 0 saturated heterocycles. The Bertz CT molecular complexity index is 310. The van der Waals surface area contributed by atoms with E-state index in [1.54, 1.807) is 0 Å². The van der Waals surface area contributed by atoms with E-state index < -0.39 is 5.54 Å². The molecule has 20 heavy (non-hydrogen) atoms. The molecule has 0 heterocycles.